The van der Waals surface area contributed by atoms with Gasteiger partial charge in [-0.3, -0.25) is 0 Å². The van der Waals surface area contributed by atoms with Crippen LogP contribution in [0.5, 0.6) is 5.75 Å². The van der Waals surface area contributed by atoms with Crippen LogP contribution in [0.1, 0.15) is 31.7 Å². The maximum atomic E-state index is 11.2. The molecule has 0 aliphatic heterocycles. The van der Waals surface area contributed by atoms with Crippen LogP contribution in [0.4, 0.5) is 0 Å². The van der Waals surface area contributed by atoms with E-state index in [4.69, 9.17) is 4.74 Å². The molecule has 3 nitrogen and oxygen atoms in total. The molecule has 2 rings (SSSR count). The Kier molecular flexibility index (Phi) is 3.18. The molecule has 1 N–H and O–H groups in total. The van der Waals surface area contributed by atoms with Gasteiger partial charge in [0.2, 0.25) is 0 Å². The van der Waals surface area contributed by atoms with Gasteiger partial charge in [0.05, 0.1) is 7.11 Å². The first kappa shape index (κ1) is 11.7. The van der Waals surface area contributed by atoms with E-state index >= 15 is 0 Å². The van der Waals surface area contributed by atoms with Crippen molar-refractivity contribution in [2.75, 3.05) is 7.11 Å². The summed E-state index contributed by atoms with van der Waals surface area (Å²) in [6, 6.07) is 5.95. The molecule has 0 saturated carbocycles. The molecular formula is C14H17NO2. The van der Waals surface area contributed by atoms with Gasteiger partial charge in [0, 0.05) is 29.6 Å². The van der Waals surface area contributed by atoms with Crippen molar-refractivity contribution in [2.45, 2.75) is 26.2 Å². The molecule has 0 amide bonds. The lowest BCUT2D eigenvalue weighted by Gasteiger charge is -2.08. The number of nitrogens with one attached hydrogen (secondary N) is 1. The third kappa shape index (κ3) is 2.33. The van der Waals surface area contributed by atoms with Crippen molar-refractivity contribution in [2.24, 2.45) is 0 Å². The first-order valence-electron chi connectivity index (χ1n) is 5.76. The zero-order valence-corrected chi connectivity index (χ0v) is 10.4. The van der Waals surface area contributed by atoms with Crippen LogP contribution in [-0.4, -0.2) is 17.9 Å². The Morgan fingerprint density at radius 2 is 2.24 bits per heavy atom. The van der Waals surface area contributed by atoms with Crippen molar-refractivity contribution < 1.29 is 9.53 Å². The molecule has 0 saturated heterocycles. The van der Waals surface area contributed by atoms with Gasteiger partial charge in [-0.1, -0.05) is 6.92 Å². The van der Waals surface area contributed by atoms with Crippen LogP contribution in [0.3, 0.4) is 0 Å². The maximum Gasteiger partial charge on any atom is 0.130 e. The molecule has 0 spiro atoms. The molecule has 3 heteroatoms. The maximum absolute atomic E-state index is 11.2. The molecule has 17 heavy (non-hydrogen) atoms. The summed E-state index contributed by atoms with van der Waals surface area (Å²) >= 11 is 0. The molecule has 1 heterocycles. The molecule has 0 radical (unpaired) electrons. The van der Waals surface area contributed by atoms with E-state index in [1.165, 1.54) is 10.9 Å². The van der Waals surface area contributed by atoms with E-state index in [0.29, 0.717) is 6.42 Å². The summed E-state index contributed by atoms with van der Waals surface area (Å²) in [5.41, 5.74) is 2.24. The fourth-order valence-electron chi connectivity index (χ4n) is 2.20. The normalized spacial score (nSPS) is 12.6. The van der Waals surface area contributed by atoms with Crippen molar-refractivity contribution in [1.29, 1.82) is 0 Å². The third-order valence-corrected chi connectivity index (χ3v) is 3.05. The Morgan fingerprint density at radius 1 is 1.47 bits per heavy atom. The SMILES string of the molecule is COc1ccc2c(C(C)CC(C)=O)c[nH]c2c1. The number of methoxy groups -OCH3 is 1. The molecule has 90 valence electrons. The predicted octanol–water partition coefficient (Wildman–Crippen LogP) is 3.26. The minimum Gasteiger partial charge on any atom is -0.497 e. The van der Waals surface area contributed by atoms with E-state index < -0.39 is 0 Å². The van der Waals surface area contributed by atoms with Crippen LogP contribution in [0, 0.1) is 0 Å². The van der Waals surface area contributed by atoms with Gasteiger partial charge < -0.3 is 14.5 Å². The zero-order chi connectivity index (χ0) is 12.4. The number of aromatic nitrogens is 1. The van der Waals surface area contributed by atoms with Gasteiger partial charge in [-0.25, -0.2) is 0 Å². The molecule has 0 bridgehead atoms. The summed E-state index contributed by atoms with van der Waals surface area (Å²) in [5, 5.41) is 1.17. The lowest BCUT2D eigenvalue weighted by molar-refractivity contribution is -0.117. The number of ketones is 1. The van der Waals surface area contributed by atoms with E-state index in [2.05, 4.69) is 11.9 Å². The summed E-state index contributed by atoms with van der Waals surface area (Å²) in [5.74, 6) is 1.31. The highest BCUT2D eigenvalue weighted by atomic mass is 16.5. The Labute approximate surface area is 101 Å². The van der Waals surface area contributed by atoms with E-state index in [-0.39, 0.29) is 11.7 Å². The first-order chi connectivity index (χ1) is 8.11. The Bertz CT molecular complexity index is 542. The largest absolute Gasteiger partial charge is 0.497 e. The summed E-state index contributed by atoms with van der Waals surface area (Å²) in [6.45, 7) is 3.71. The number of ether oxygens (including phenoxy) is 1. The van der Waals surface area contributed by atoms with Crippen molar-refractivity contribution in [3.63, 3.8) is 0 Å². The predicted molar refractivity (Wildman–Crippen MR) is 68.6 cm³/mol. The average Bonchev–Trinajstić information content (AvgIpc) is 2.70. The molecule has 0 aliphatic carbocycles. The van der Waals surface area contributed by atoms with Gasteiger partial charge in [0.1, 0.15) is 11.5 Å². The number of H-pyrrole nitrogens is 1. The molecule has 2 aromatic rings. The summed E-state index contributed by atoms with van der Waals surface area (Å²) in [6.07, 6.45) is 2.57. The van der Waals surface area contributed by atoms with Crippen molar-refractivity contribution in [3.05, 3.63) is 30.0 Å². The quantitative estimate of drug-likeness (QED) is 0.877. The van der Waals surface area contributed by atoms with E-state index in [1.807, 2.05) is 24.4 Å². The number of benzene rings is 1. The Balaban J connectivity index is 2.39. The topological polar surface area (TPSA) is 42.1 Å². The highest BCUT2D eigenvalue weighted by molar-refractivity contribution is 5.86. The van der Waals surface area contributed by atoms with Crippen LogP contribution < -0.4 is 4.74 Å². The Hall–Kier alpha value is -1.77. The third-order valence-electron chi connectivity index (χ3n) is 3.05. The first-order valence-corrected chi connectivity index (χ1v) is 5.76. The van der Waals surface area contributed by atoms with Crippen molar-refractivity contribution in [3.8, 4) is 5.75 Å². The lowest BCUT2D eigenvalue weighted by Crippen LogP contribution is -1.99. The van der Waals surface area contributed by atoms with Crippen molar-refractivity contribution in [1.82, 2.24) is 4.98 Å². The van der Waals surface area contributed by atoms with Gasteiger partial charge >= 0.3 is 0 Å². The minimum atomic E-state index is 0.223. The van der Waals surface area contributed by atoms with Crippen LogP contribution >= 0.6 is 0 Å². The Morgan fingerprint density at radius 3 is 2.88 bits per heavy atom. The second kappa shape index (κ2) is 4.62. The molecular weight excluding hydrogens is 214 g/mol. The van der Waals surface area contributed by atoms with Gasteiger partial charge in [-0.05, 0) is 30.5 Å². The molecule has 1 aromatic heterocycles. The number of hydrogen-bond donors (Lipinski definition) is 1. The van der Waals surface area contributed by atoms with Crippen molar-refractivity contribution >= 4 is 16.7 Å². The van der Waals surface area contributed by atoms with E-state index in [9.17, 15) is 4.79 Å². The number of aromatic amines is 1. The second-order valence-electron chi connectivity index (χ2n) is 4.46. The zero-order valence-electron chi connectivity index (χ0n) is 10.4. The van der Waals surface area contributed by atoms with Crippen LogP contribution in [0.25, 0.3) is 10.9 Å². The van der Waals surface area contributed by atoms with Gasteiger partial charge in [0.25, 0.3) is 0 Å². The lowest BCUT2D eigenvalue weighted by atomic mass is 9.96. The van der Waals surface area contributed by atoms with Crippen LogP contribution in [0.15, 0.2) is 24.4 Å². The molecule has 0 fully saturated rings. The van der Waals surface area contributed by atoms with Crippen LogP contribution in [-0.2, 0) is 4.79 Å². The number of rotatable bonds is 4. The van der Waals surface area contributed by atoms with E-state index in [0.717, 1.165) is 11.3 Å². The highest BCUT2D eigenvalue weighted by Gasteiger charge is 2.13. The fraction of sp³-hybridized carbons (Fsp3) is 0.357. The number of carbonyl (C=O) groups is 1. The molecule has 0 aliphatic rings. The summed E-state index contributed by atoms with van der Waals surface area (Å²) < 4.78 is 5.18. The number of Topliss-reactive ketones (excluding diaryl/α,β-unsaturated/α-hetero) is 1. The standard InChI is InChI=1S/C14H17NO2/c1-9(6-10(2)16)13-8-15-14-7-11(17-3)4-5-12(13)14/h4-5,7-9,15H,6H2,1-3H3. The average molecular weight is 231 g/mol. The highest BCUT2D eigenvalue weighted by Crippen LogP contribution is 2.29. The van der Waals surface area contributed by atoms with Gasteiger partial charge in [-0.15, -0.1) is 0 Å². The van der Waals surface area contributed by atoms with Gasteiger partial charge in [0.15, 0.2) is 0 Å². The summed E-state index contributed by atoms with van der Waals surface area (Å²) in [7, 11) is 1.66. The van der Waals surface area contributed by atoms with E-state index in [1.54, 1.807) is 14.0 Å². The summed E-state index contributed by atoms with van der Waals surface area (Å²) in [4.78, 5) is 14.4. The molecule has 1 aromatic carbocycles. The minimum absolute atomic E-state index is 0.223. The van der Waals surface area contributed by atoms with Crippen LogP contribution in [0.2, 0.25) is 0 Å². The number of hydrogen-bond acceptors (Lipinski definition) is 2. The molecule has 1 atom stereocenters. The van der Waals surface area contributed by atoms with Gasteiger partial charge in [-0.2, -0.15) is 0 Å². The smallest absolute Gasteiger partial charge is 0.130 e. The monoisotopic (exact) mass is 231 g/mol. The number of carbonyl (C=O) groups excluding carboxylic acids is 1. The molecule has 1 unspecified atom stereocenters. The number of fused-ring (bicyclic) bond motifs is 1. The fourth-order valence-corrected chi connectivity index (χ4v) is 2.20. The second-order valence-corrected chi connectivity index (χ2v) is 4.46.